The number of pyridine rings is 2. The van der Waals surface area contributed by atoms with Crippen molar-refractivity contribution in [1.29, 1.82) is 0 Å². The van der Waals surface area contributed by atoms with Gasteiger partial charge in [-0.2, -0.15) is 0 Å². The van der Waals surface area contributed by atoms with Gasteiger partial charge in [-0.1, -0.05) is 42.5 Å². The van der Waals surface area contributed by atoms with Crippen LogP contribution in [0.15, 0.2) is 79.1 Å². The highest BCUT2D eigenvalue weighted by Crippen LogP contribution is 2.25. The number of carbonyl (C=O) groups is 2. The van der Waals surface area contributed by atoms with E-state index < -0.39 is 5.97 Å². The molecular formula is C23H17N3O3. The van der Waals surface area contributed by atoms with Gasteiger partial charge in [-0.25, -0.2) is 9.78 Å². The van der Waals surface area contributed by atoms with Crippen LogP contribution in [-0.2, 0) is 6.54 Å². The number of aromatic nitrogens is 2. The maximum atomic E-state index is 12.7. The van der Waals surface area contributed by atoms with Crippen LogP contribution in [0.1, 0.15) is 26.4 Å². The summed E-state index contributed by atoms with van der Waals surface area (Å²) in [5.74, 6) is -1.30. The molecule has 0 unspecified atom stereocenters. The number of nitrogens with zero attached hydrogens (tertiary/aromatic N) is 2. The molecule has 6 nitrogen and oxygen atoms in total. The van der Waals surface area contributed by atoms with Gasteiger partial charge >= 0.3 is 5.97 Å². The first-order valence-corrected chi connectivity index (χ1v) is 9.03. The van der Waals surface area contributed by atoms with Crippen LogP contribution in [0.5, 0.6) is 0 Å². The van der Waals surface area contributed by atoms with Gasteiger partial charge in [-0.15, -0.1) is 0 Å². The van der Waals surface area contributed by atoms with Crippen LogP contribution < -0.4 is 5.32 Å². The highest BCUT2D eigenvalue weighted by molar-refractivity contribution is 6.03. The smallest absolute Gasteiger partial charge is 0.335 e. The van der Waals surface area contributed by atoms with E-state index in [2.05, 4.69) is 15.3 Å². The van der Waals surface area contributed by atoms with Crippen molar-refractivity contribution in [1.82, 2.24) is 15.3 Å². The molecule has 0 spiro atoms. The molecule has 0 radical (unpaired) electrons. The van der Waals surface area contributed by atoms with E-state index in [9.17, 15) is 14.7 Å². The second-order valence-corrected chi connectivity index (χ2v) is 6.46. The van der Waals surface area contributed by atoms with Crippen molar-refractivity contribution in [2.24, 2.45) is 0 Å². The largest absolute Gasteiger partial charge is 0.478 e. The number of carboxylic acid groups (broad SMARTS) is 1. The van der Waals surface area contributed by atoms with E-state index in [0.29, 0.717) is 5.52 Å². The van der Waals surface area contributed by atoms with Gasteiger partial charge < -0.3 is 10.4 Å². The third-order valence-corrected chi connectivity index (χ3v) is 4.61. The van der Waals surface area contributed by atoms with Crippen molar-refractivity contribution in [3.63, 3.8) is 0 Å². The maximum absolute atomic E-state index is 12.7. The summed E-state index contributed by atoms with van der Waals surface area (Å²) in [4.78, 5) is 32.5. The number of benzene rings is 2. The SMILES string of the molecule is O=C(O)c1cccc(-c2ccccc2CNC(=O)c2nccc3cccnc23)c1. The van der Waals surface area contributed by atoms with Gasteiger partial charge in [0.2, 0.25) is 0 Å². The summed E-state index contributed by atoms with van der Waals surface area (Å²) in [6, 6.07) is 19.8. The molecule has 0 fully saturated rings. The molecule has 2 heterocycles. The van der Waals surface area contributed by atoms with Crippen molar-refractivity contribution in [2.75, 3.05) is 0 Å². The monoisotopic (exact) mass is 383 g/mol. The summed E-state index contributed by atoms with van der Waals surface area (Å²) >= 11 is 0. The number of hydrogen-bond acceptors (Lipinski definition) is 4. The van der Waals surface area contributed by atoms with E-state index >= 15 is 0 Å². The minimum atomic E-state index is -0.979. The molecule has 142 valence electrons. The highest BCUT2D eigenvalue weighted by Gasteiger charge is 2.14. The number of nitrogens with one attached hydrogen (secondary N) is 1. The van der Waals surface area contributed by atoms with E-state index in [1.54, 1.807) is 30.6 Å². The zero-order valence-corrected chi connectivity index (χ0v) is 15.4. The number of hydrogen-bond donors (Lipinski definition) is 2. The molecule has 0 aliphatic rings. The highest BCUT2D eigenvalue weighted by atomic mass is 16.4. The van der Waals surface area contributed by atoms with Gasteiger partial charge in [0.05, 0.1) is 5.56 Å². The van der Waals surface area contributed by atoms with Gasteiger partial charge in [0, 0.05) is 24.3 Å². The molecule has 4 rings (SSSR count). The summed E-state index contributed by atoms with van der Waals surface area (Å²) in [5.41, 5.74) is 3.55. The average molecular weight is 383 g/mol. The number of amides is 1. The number of carbonyl (C=O) groups excluding carboxylic acids is 1. The van der Waals surface area contributed by atoms with E-state index in [0.717, 1.165) is 22.1 Å². The molecule has 4 aromatic rings. The first-order chi connectivity index (χ1) is 14.1. The third-order valence-electron chi connectivity index (χ3n) is 4.61. The van der Waals surface area contributed by atoms with Gasteiger partial charge in [0.1, 0.15) is 5.52 Å². The van der Waals surface area contributed by atoms with Crippen molar-refractivity contribution in [3.8, 4) is 11.1 Å². The van der Waals surface area contributed by atoms with Crippen LogP contribution in [0, 0.1) is 0 Å². The van der Waals surface area contributed by atoms with Gasteiger partial charge in [0.25, 0.3) is 5.91 Å². The lowest BCUT2D eigenvalue weighted by Gasteiger charge is -2.12. The fourth-order valence-electron chi connectivity index (χ4n) is 3.20. The molecule has 0 saturated carbocycles. The summed E-state index contributed by atoms with van der Waals surface area (Å²) in [7, 11) is 0. The topological polar surface area (TPSA) is 92.2 Å². The Morgan fingerprint density at radius 1 is 0.897 bits per heavy atom. The molecule has 29 heavy (non-hydrogen) atoms. The van der Waals surface area contributed by atoms with Gasteiger partial charge in [-0.3, -0.25) is 9.78 Å². The molecular weight excluding hydrogens is 366 g/mol. The lowest BCUT2D eigenvalue weighted by atomic mass is 9.98. The number of aromatic carboxylic acids is 1. The fraction of sp³-hybridized carbons (Fsp3) is 0.0435. The van der Waals surface area contributed by atoms with E-state index in [-0.39, 0.29) is 23.7 Å². The van der Waals surface area contributed by atoms with Crippen LogP contribution in [0.25, 0.3) is 22.0 Å². The van der Waals surface area contributed by atoms with Crippen molar-refractivity contribution in [2.45, 2.75) is 6.54 Å². The molecule has 0 aliphatic carbocycles. The second-order valence-electron chi connectivity index (χ2n) is 6.46. The summed E-state index contributed by atoms with van der Waals surface area (Å²) in [5, 5.41) is 13.0. The number of carboxylic acids is 1. The molecule has 2 aromatic carbocycles. The standard InChI is InChI=1S/C23H17N3O3/c27-22(21-20-15(10-12-25-21)8-4-11-24-20)26-14-18-5-1-2-9-19(18)16-6-3-7-17(13-16)23(28)29/h1-13H,14H2,(H,26,27)(H,28,29). The molecule has 0 atom stereocenters. The second kappa shape index (κ2) is 7.90. The van der Waals surface area contributed by atoms with Gasteiger partial charge in [0.15, 0.2) is 5.69 Å². The lowest BCUT2D eigenvalue weighted by molar-refractivity contribution is 0.0696. The Morgan fingerprint density at radius 3 is 2.62 bits per heavy atom. The van der Waals surface area contributed by atoms with Crippen molar-refractivity contribution >= 4 is 22.8 Å². The quantitative estimate of drug-likeness (QED) is 0.545. The van der Waals surface area contributed by atoms with E-state index in [1.165, 1.54) is 0 Å². The summed E-state index contributed by atoms with van der Waals surface area (Å²) in [6.45, 7) is 0.275. The lowest BCUT2D eigenvalue weighted by Crippen LogP contribution is -2.24. The first-order valence-electron chi connectivity index (χ1n) is 9.03. The zero-order valence-electron chi connectivity index (χ0n) is 15.4. The minimum Gasteiger partial charge on any atom is -0.478 e. The molecule has 2 aromatic heterocycles. The Morgan fingerprint density at radius 2 is 1.76 bits per heavy atom. The number of rotatable bonds is 5. The van der Waals surface area contributed by atoms with Crippen LogP contribution in [0.3, 0.4) is 0 Å². The average Bonchev–Trinajstić information content (AvgIpc) is 2.77. The van der Waals surface area contributed by atoms with Crippen LogP contribution in [-0.4, -0.2) is 27.0 Å². The minimum absolute atomic E-state index is 0.215. The maximum Gasteiger partial charge on any atom is 0.335 e. The number of fused-ring (bicyclic) bond motifs is 1. The van der Waals surface area contributed by atoms with Crippen LogP contribution in [0.2, 0.25) is 0 Å². The third kappa shape index (κ3) is 3.82. The predicted molar refractivity (Wildman–Crippen MR) is 110 cm³/mol. The van der Waals surface area contributed by atoms with Crippen LogP contribution in [0.4, 0.5) is 0 Å². The molecule has 1 amide bonds. The molecule has 0 bridgehead atoms. The Balaban J connectivity index is 1.60. The molecule has 6 heteroatoms. The predicted octanol–water partition coefficient (Wildman–Crippen LogP) is 3.93. The van der Waals surface area contributed by atoms with Gasteiger partial charge in [-0.05, 0) is 41.0 Å². The Kier molecular flexibility index (Phi) is 4.99. The molecule has 2 N–H and O–H groups in total. The van der Waals surface area contributed by atoms with E-state index in [4.69, 9.17) is 0 Å². The van der Waals surface area contributed by atoms with Crippen LogP contribution >= 0.6 is 0 Å². The summed E-state index contributed by atoms with van der Waals surface area (Å²) in [6.07, 6.45) is 3.22. The Bertz CT molecular complexity index is 1220. The fourth-order valence-corrected chi connectivity index (χ4v) is 3.20. The van der Waals surface area contributed by atoms with E-state index in [1.807, 2.05) is 48.5 Å². The molecule has 0 aliphatic heterocycles. The molecule has 0 saturated heterocycles. The zero-order chi connectivity index (χ0) is 20.2. The summed E-state index contributed by atoms with van der Waals surface area (Å²) < 4.78 is 0. The Hall–Kier alpha value is -4.06. The Labute approximate surface area is 166 Å². The van der Waals surface area contributed by atoms with Crippen molar-refractivity contribution in [3.05, 3.63) is 95.9 Å². The van der Waals surface area contributed by atoms with Crippen molar-refractivity contribution < 1.29 is 14.7 Å². The first kappa shape index (κ1) is 18.3. The normalized spacial score (nSPS) is 10.6.